The fourth-order valence-electron chi connectivity index (χ4n) is 7.40. The molecule has 262 valence electrons. The van der Waals surface area contributed by atoms with Crippen molar-refractivity contribution < 1.29 is 19.0 Å². The highest BCUT2D eigenvalue weighted by atomic mass is 16.6. The van der Waals surface area contributed by atoms with Gasteiger partial charge in [-0.1, -0.05) is 91.7 Å². The molecule has 7 rings (SSSR count). The van der Waals surface area contributed by atoms with Crippen molar-refractivity contribution in [1.82, 2.24) is 20.1 Å². The number of alkyl carbamates (subject to hydrolysis) is 1. The van der Waals surface area contributed by atoms with Gasteiger partial charge in [0.2, 0.25) is 0 Å². The van der Waals surface area contributed by atoms with Gasteiger partial charge >= 0.3 is 6.09 Å². The maximum Gasteiger partial charge on any atom is 0.407 e. The van der Waals surface area contributed by atoms with Gasteiger partial charge in [-0.15, -0.1) is 0 Å². The molecule has 3 aliphatic rings. The topological polar surface area (TPSA) is 79.1 Å². The van der Waals surface area contributed by atoms with Gasteiger partial charge in [0.15, 0.2) is 0 Å². The first-order valence-corrected chi connectivity index (χ1v) is 18.1. The van der Waals surface area contributed by atoms with Crippen LogP contribution in [-0.2, 0) is 33.8 Å². The minimum absolute atomic E-state index is 0.0231. The number of carbonyl (C=O) groups is 1. The SMILES string of the molecule is CC(C)(C)OC(=O)NCCCCCCN1C[C@H]2[C@@H](OCc3ccccc3)[C@H](OCc3ccccc3)C1CN2CCc1c[nH]c2ccccc12. The van der Waals surface area contributed by atoms with E-state index in [4.69, 9.17) is 14.2 Å². The molecule has 0 aliphatic carbocycles. The lowest BCUT2D eigenvalue weighted by Gasteiger charge is -2.58. The first-order chi connectivity index (χ1) is 23.8. The second-order valence-electron chi connectivity index (χ2n) is 14.6. The zero-order valence-corrected chi connectivity index (χ0v) is 29.5. The molecule has 0 saturated carbocycles. The molecule has 1 aromatic heterocycles. The number of para-hydroxylation sites is 1. The number of benzene rings is 3. The van der Waals surface area contributed by atoms with Gasteiger partial charge in [-0.25, -0.2) is 4.79 Å². The third-order valence-electron chi connectivity index (χ3n) is 9.82. The number of nitrogens with zero attached hydrogens (tertiary/aromatic N) is 2. The second kappa shape index (κ2) is 16.8. The van der Waals surface area contributed by atoms with Crippen LogP contribution in [0.3, 0.4) is 0 Å². The first-order valence-electron chi connectivity index (χ1n) is 18.1. The van der Waals surface area contributed by atoms with Crippen LogP contribution in [0.2, 0.25) is 0 Å². The van der Waals surface area contributed by atoms with Gasteiger partial charge in [0, 0.05) is 43.3 Å². The minimum Gasteiger partial charge on any atom is -0.444 e. The van der Waals surface area contributed by atoms with Crippen molar-refractivity contribution in [3.05, 3.63) is 108 Å². The average molecular weight is 667 g/mol. The Kier molecular flexibility index (Phi) is 12.1. The molecule has 1 unspecified atom stereocenters. The number of piperazine rings is 1. The highest BCUT2D eigenvalue weighted by molar-refractivity contribution is 5.83. The van der Waals surface area contributed by atoms with Crippen molar-refractivity contribution in [3.63, 3.8) is 0 Å². The third-order valence-corrected chi connectivity index (χ3v) is 9.82. The number of fused-ring (bicyclic) bond motifs is 4. The molecule has 2 N–H and O–H groups in total. The van der Waals surface area contributed by atoms with Crippen LogP contribution in [0.5, 0.6) is 0 Å². The monoisotopic (exact) mass is 666 g/mol. The Morgan fingerprint density at radius 2 is 1.33 bits per heavy atom. The summed E-state index contributed by atoms with van der Waals surface area (Å²) in [6.07, 6.45) is 7.05. The first kappa shape index (κ1) is 35.1. The normalized spacial score (nSPS) is 21.3. The Hall–Kier alpha value is -3.69. The molecular weight excluding hydrogens is 612 g/mol. The summed E-state index contributed by atoms with van der Waals surface area (Å²) in [6, 6.07) is 30.1. The number of aromatic nitrogens is 1. The van der Waals surface area contributed by atoms with Crippen LogP contribution in [0.25, 0.3) is 10.9 Å². The number of amides is 1. The summed E-state index contributed by atoms with van der Waals surface area (Å²) in [5, 5.41) is 4.20. The molecule has 3 aromatic carbocycles. The zero-order valence-electron chi connectivity index (χ0n) is 29.5. The molecule has 4 atom stereocenters. The van der Waals surface area contributed by atoms with Gasteiger partial charge in [0.05, 0.1) is 25.3 Å². The summed E-state index contributed by atoms with van der Waals surface area (Å²) in [4.78, 5) is 20.8. The molecule has 2 bridgehead atoms. The Morgan fingerprint density at radius 1 is 0.755 bits per heavy atom. The quantitative estimate of drug-likeness (QED) is 0.122. The van der Waals surface area contributed by atoms with Gasteiger partial charge in [-0.2, -0.15) is 0 Å². The van der Waals surface area contributed by atoms with Crippen molar-refractivity contribution >= 4 is 17.0 Å². The summed E-state index contributed by atoms with van der Waals surface area (Å²) >= 11 is 0. The van der Waals surface area contributed by atoms with E-state index in [1.807, 2.05) is 20.8 Å². The van der Waals surface area contributed by atoms with Crippen molar-refractivity contribution in [1.29, 1.82) is 0 Å². The van der Waals surface area contributed by atoms with Crippen LogP contribution in [0.1, 0.15) is 63.1 Å². The molecule has 1 amide bonds. The van der Waals surface area contributed by atoms with E-state index in [2.05, 4.69) is 111 Å². The minimum atomic E-state index is -0.474. The number of aromatic amines is 1. The van der Waals surface area contributed by atoms with Gasteiger partial charge in [0.25, 0.3) is 0 Å². The predicted molar refractivity (Wildman–Crippen MR) is 195 cm³/mol. The Bertz CT molecular complexity index is 1590. The molecule has 49 heavy (non-hydrogen) atoms. The predicted octanol–water partition coefficient (Wildman–Crippen LogP) is 7.33. The molecule has 8 heteroatoms. The average Bonchev–Trinajstić information content (AvgIpc) is 3.52. The Labute approximate surface area is 292 Å². The molecular formula is C41H54N4O4. The van der Waals surface area contributed by atoms with Gasteiger partial charge in [-0.05, 0) is 69.3 Å². The number of piperidine rings is 2. The maximum absolute atomic E-state index is 12.0. The van der Waals surface area contributed by atoms with E-state index in [0.29, 0.717) is 19.8 Å². The molecule has 4 heterocycles. The second-order valence-corrected chi connectivity index (χ2v) is 14.6. The lowest BCUT2D eigenvalue weighted by Crippen LogP contribution is -2.75. The van der Waals surface area contributed by atoms with E-state index >= 15 is 0 Å². The van der Waals surface area contributed by atoms with Crippen LogP contribution >= 0.6 is 0 Å². The molecule has 0 radical (unpaired) electrons. The number of hydrogen-bond acceptors (Lipinski definition) is 6. The number of rotatable bonds is 16. The summed E-state index contributed by atoms with van der Waals surface area (Å²) < 4.78 is 19.1. The Morgan fingerprint density at radius 3 is 1.96 bits per heavy atom. The summed E-state index contributed by atoms with van der Waals surface area (Å²) in [6.45, 7) is 11.4. The number of unbranched alkanes of at least 4 members (excludes halogenated alkanes) is 3. The van der Waals surface area contributed by atoms with Crippen LogP contribution < -0.4 is 5.32 Å². The lowest BCUT2D eigenvalue weighted by atomic mass is 9.84. The van der Waals surface area contributed by atoms with Crippen LogP contribution in [0, 0.1) is 0 Å². The summed E-state index contributed by atoms with van der Waals surface area (Å²) in [5.74, 6) is 0. The molecule has 3 aliphatic heterocycles. The van der Waals surface area contributed by atoms with Crippen molar-refractivity contribution in [2.45, 2.75) is 96.0 Å². The smallest absolute Gasteiger partial charge is 0.407 e. The summed E-state index contributed by atoms with van der Waals surface area (Å²) in [7, 11) is 0. The largest absolute Gasteiger partial charge is 0.444 e. The molecule has 4 aromatic rings. The number of H-pyrrole nitrogens is 1. The number of hydrogen-bond donors (Lipinski definition) is 2. The molecule has 0 spiro atoms. The van der Waals surface area contributed by atoms with Crippen LogP contribution in [0.4, 0.5) is 4.79 Å². The lowest BCUT2D eigenvalue weighted by molar-refractivity contribution is -0.209. The van der Waals surface area contributed by atoms with Crippen LogP contribution in [-0.4, -0.2) is 83.5 Å². The Balaban J connectivity index is 1.11. The molecule has 3 fully saturated rings. The maximum atomic E-state index is 12.0. The van der Waals surface area contributed by atoms with E-state index in [0.717, 1.165) is 58.3 Å². The van der Waals surface area contributed by atoms with E-state index in [-0.39, 0.29) is 30.4 Å². The highest BCUT2D eigenvalue weighted by Crippen LogP contribution is 2.35. The van der Waals surface area contributed by atoms with Gasteiger partial charge in [0.1, 0.15) is 17.8 Å². The third kappa shape index (κ3) is 9.73. The zero-order chi connectivity index (χ0) is 34.1. The van der Waals surface area contributed by atoms with Gasteiger partial charge < -0.3 is 24.5 Å². The number of nitrogens with one attached hydrogen (secondary N) is 2. The fraction of sp³-hybridized carbons (Fsp3) is 0.488. The van der Waals surface area contributed by atoms with E-state index in [9.17, 15) is 4.79 Å². The standard InChI is InChI=1S/C41H54N4O4/c1-41(2,3)49-40(46)42-23-14-4-5-15-24-44-27-37-39(48-30-32-18-10-7-11-19-32)38(47-29-31-16-8-6-9-17-31)36(44)28-45(37)25-22-33-26-43-35-21-13-12-20-34(33)35/h6-13,16-21,26,36-39,43H,4-5,14-15,22-25,27-30H2,1-3H3,(H,42,46)/t36?,37-,38+,39+/m0/s1. The number of carbonyl (C=O) groups excluding carboxylic acids is 1. The van der Waals surface area contributed by atoms with E-state index < -0.39 is 5.60 Å². The fourth-order valence-corrected chi connectivity index (χ4v) is 7.40. The van der Waals surface area contributed by atoms with Crippen LogP contribution in [0.15, 0.2) is 91.1 Å². The molecule has 8 nitrogen and oxygen atoms in total. The van der Waals surface area contributed by atoms with Crippen molar-refractivity contribution in [2.75, 3.05) is 32.7 Å². The van der Waals surface area contributed by atoms with Crippen molar-refractivity contribution in [3.8, 4) is 0 Å². The van der Waals surface area contributed by atoms with E-state index in [1.54, 1.807) is 0 Å². The molecule has 3 saturated heterocycles. The highest BCUT2D eigenvalue weighted by Gasteiger charge is 2.52. The number of ether oxygens (including phenoxy) is 3. The van der Waals surface area contributed by atoms with Gasteiger partial charge in [-0.3, -0.25) is 9.80 Å². The van der Waals surface area contributed by atoms with Crippen molar-refractivity contribution in [2.24, 2.45) is 0 Å². The summed E-state index contributed by atoms with van der Waals surface area (Å²) in [5.41, 5.74) is 4.47. The van der Waals surface area contributed by atoms with E-state index in [1.165, 1.54) is 27.6 Å².